The summed E-state index contributed by atoms with van der Waals surface area (Å²) in [6.45, 7) is 3.97. The molecule has 0 atom stereocenters. The van der Waals surface area contributed by atoms with E-state index in [1.54, 1.807) is 6.07 Å². The minimum absolute atomic E-state index is 0.0290. The van der Waals surface area contributed by atoms with Crippen LogP contribution in [0.5, 0.6) is 5.75 Å². The molecule has 2 N–H and O–H groups in total. The van der Waals surface area contributed by atoms with Gasteiger partial charge in [0.2, 0.25) is 0 Å². The molecule has 1 amide bonds. The van der Waals surface area contributed by atoms with Crippen LogP contribution in [-0.4, -0.2) is 49.1 Å². The molecule has 1 heterocycles. The molecule has 1 saturated carbocycles. The maximum Gasteiger partial charge on any atom is 0.252 e. The van der Waals surface area contributed by atoms with Crippen LogP contribution in [0.15, 0.2) is 54.6 Å². The number of fused-ring (bicyclic) bond motifs is 1. The zero-order chi connectivity index (χ0) is 21.8. The highest BCUT2D eigenvalue weighted by Gasteiger charge is 2.47. The first kappa shape index (κ1) is 19.9. The molecule has 160 valence electrons. The van der Waals surface area contributed by atoms with E-state index in [1.807, 2.05) is 43.3 Å². The van der Waals surface area contributed by atoms with Crippen molar-refractivity contribution in [2.75, 3.05) is 32.1 Å². The molecule has 3 aromatic carbocycles. The Hall–Kier alpha value is -3.05. The Balaban J connectivity index is 1.41. The Labute approximate surface area is 183 Å². The van der Waals surface area contributed by atoms with Crippen LogP contribution in [0.4, 0.5) is 5.69 Å². The first-order valence-corrected chi connectivity index (χ1v) is 10.9. The fraction of sp³-hybridized carbons (Fsp3) is 0.346. The summed E-state index contributed by atoms with van der Waals surface area (Å²) in [5.74, 6) is 0.245. The Morgan fingerprint density at radius 1 is 1.06 bits per heavy atom. The number of rotatable bonds is 5. The highest BCUT2D eigenvalue weighted by molar-refractivity contribution is 5.98. The first-order chi connectivity index (χ1) is 14.9. The number of hydrogen-bond acceptors (Lipinski definition) is 4. The number of nitrogens with zero attached hydrogens (tertiary/aromatic N) is 2. The molecule has 0 bridgehead atoms. The molecule has 0 radical (unpaired) electrons. The third-order valence-corrected chi connectivity index (χ3v) is 6.94. The largest absolute Gasteiger partial charge is 0.507 e. The van der Waals surface area contributed by atoms with Gasteiger partial charge in [0.25, 0.3) is 5.91 Å². The summed E-state index contributed by atoms with van der Waals surface area (Å²) in [4.78, 5) is 17.9. The van der Waals surface area contributed by atoms with E-state index in [0.29, 0.717) is 6.04 Å². The van der Waals surface area contributed by atoms with Gasteiger partial charge in [0.05, 0.1) is 5.54 Å². The molecule has 0 aromatic heterocycles. The lowest BCUT2D eigenvalue weighted by Gasteiger charge is -2.44. The van der Waals surface area contributed by atoms with Crippen molar-refractivity contribution in [3.8, 4) is 5.75 Å². The van der Waals surface area contributed by atoms with Gasteiger partial charge in [-0.1, -0.05) is 36.4 Å². The minimum atomic E-state index is -0.362. The Bertz CT molecular complexity index is 1160. The smallest absolute Gasteiger partial charge is 0.252 e. The lowest BCUT2D eigenvalue weighted by molar-refractivity contribution is 0.0930. The Morgan fingerprint density at radius 3 is 2.48 bits per heavy atom. The fourth-order valence-corrected chi connectivity index (χ4v) is 4.63. The molecular formula is C26H29N3O2. The number of carbonyl (C=O) groups is 1. The first-order valence-electron chi connectivity index (χ1n) is 10.9. The summed E-state index contributed by atoms with van der Waals surface area (Å²) in [5.41, 5.74) is 3.55. The van der Waals surface area contributed by atoms with E-state index in [4.69, 9.17) is 0 Å². The van der Waals surface area contributed by atoms with Crippen LogP contribution in [0.25, 0.3) is 10.8 Å². The molecule has 2 fully saturated rings. The molecule has 5 rings (SSSR count). The zero-order valence-corrected chi connectivity index (χ0v) is 18.4. The maximum absolute atomic E-state index is 13.4. The molecule has 5 nitrogen and oxygen atoms in total. The predicted molar refractivity (Wildman–Crippen MR) is 125 cm³/mol. The number of benzene rings is 3. The summed E-state index contributed by atoms with van der Waals surface area (Å²) in [7, 11) is 4.22. The van der Waals surface area contributed by atoms with Crippen LogP contribution in [0.1, 0.15) is 34.3 Å². The van der Waals surface area contributed by atoms with Crippen molar-refractivity contribution in [3.05, 3.63) is 71.3 Å². The third kappa shape index (κ3) is 3.43. The van der Waals surface area contributed by atoms with Gasteiger partial charge in [0, 0.05) is 35.8 Å². The highest BCUT2D eigenvalue weighted by atomic mass is 16.3. The SMILES string of the molecule is Cc1ccc(N2CC(N(C)C)C2)cc1C(=O)NC1(c2cccc3c(O)cccc23)CC1. The molecule has 0 spiro atoms. The molecule has 5 heteroatoms. The Kier molecular flexibility index (Phi) is 4.67. The summed E-state index contributed by atoms with van der Waals surface area (Å²) >= 11 is 0. The molecular weight excluding hydrogens is 386 g/mol. The number of likely N-dealkylation sites (N-methyl/N-ethyl adjacent to an activating group) is 1. The molecule has 31 heavy (non-hydrogen) atoms. The average Bonchev–Trinajstić information content (AvgIpc) is 3.48. The van der Waals surface area contributed by atoms with Gasteiger partial charge < -0.3 is 20.2 Å². The monoisotopic (exact) mass is 415 g/mol. The third-order valence-electron chi connectivity index (χ3n) is 6.94. The van der Waals surface area contributed by atoms with Crippen molar-refractivity contribution in [1.82, 2.24) is 10.2 Å². The van der Waals surface area contributed by atoms with Crippen LogP contribution in [0.2, 0.25) is 0 Å². The number of phenolic OH excluding ortho intramolecular Hbond substituents is 1. The van der Waals surface area contributed by atoms with Crippen molar-refractivity contribution in [3.63, 3.8) is 0 Å². The molecule has 3 aromatic rings. The normalized spacial score (nSPS) is 17.6. The minimum Gasteiger partial charge on any atom is -0.507 e. The van der Waals surface area contributed by atoms with Crippen LogP contribution < -0.4 is 10.2 Å². The van der Waals surface area contributed by atoms with Crippen molar-refractivity contribution in [2.24, 2.45) is 0 Å². The quantitative estimate of drug-likeness (QED) is 0.661. The predicted octanol–water partition coefficient (Wildman–Crippen LogP) is 4.02. The second kappa shape index (κ2) is 7.27. The Morgan fingerprint density at radius 2 is 1.77 bits per heavy atom. The maximum atomic E-state index is 13.4. The summed E-state index contributed by atoms with van der Waals surface area (Å²) < 4.78 is 0. The van der Waals surface area contributed by atoms with Gasteiger partial charge >= 0.3 is 0 Å². The number of phenols is 1. The van der Waals surface area contributed by atoms with Crippen molar-refractivity contribution in [2.45, 2.75) is 31.3 Å². The van der Waals surface area contributed by atoms with E-state index < -0.39 is 0 Å². The fourth-order valence-electron chi connectivity index (χ4n) is 4.63. The van der Waals surface area contributed by atoms with E-state index in [1.165, 1.54) is 0 Å². The molecule has 0 unspecified atom stereocenters. The summed E-state index contributed by atoms with van der Waals surface area (Å²) in [6.07, 6.45) is 1.81. The second-order valence-electron chi connectivity index (χ2n) is 9.24. The van der Waals surface area contributed by atoms with Gasteiger partial charge in [-0.3, -0.25) is 4.79 Å². The number of hydrogen-bond donors (Lipinski definition) is 2. The van der Waals surface area contributed by atoms with Crippen molar-refractivity contribution < 1.29 is 9.90 Å². The molecule has 1 aliphatic heterocycles. The van der Waals surface area contributed by atoms with Gasteiger partial charge in [-0.2, -0.15) is 0 Å². The highest BCUT2D eigenvalue weighted by Crippen LogP contribution is 2.48. The van der Waals surface area contributed by atoms with E-state index in [-0.39, 0.29) is 17.2 Å². The molecule has 1 saturated heterocycles. The standard InChI is InChI=1S/C26H29N3O2/c1-17-10-11-18(29-15-19(16-29)28(2)3)14-22(17)25(31)27-26(12-13-26)23-8-4-7-21-20(23)6-5-9-24(21)30/h4-11,14,19,30H,12-13,15-16H2,1-3H3,(H,27,31). The lowest BCUT2D eigenvalue weighted by Crippen LogP contribution is -2.57. The summed E-state index contributed by atoms with van der Waals surface area (Å²) in [6, 6.07) is 18.3. The van der Waals surface area contributed by atoms with Crippen LogP contribution >= 0.6 is 0 Å². The number of carbonyl (C=O) groups excluding carboxylic acids is 1. The van der Waals surface area contributed by atoms with Gasteiger partial charge in [0.1, 0.15) is 5.75 Å². The number of aromatic hydroxyl groups is 1. The number of amides is 1. The topological polar surface area (TPSA) is 55.8 Å². The van der Waals surface area contributed by atoms with Crippen molar-refractivity contribution in [1.29, 1.82) is 0 Å². The van der Waals surface area contributed by atoms with Gasteiger partial charge in [-0.25, -0.2) is 0 Å². The van der Waals surface area contributed by atoms with E-state index >= 15 is 0 Å². The van der Waals surface area contributed by atoms with Gasteiger partial charge in [-0.15, -0.1) is 0 Å². The van der Waals surface area contributed by atoms with Crippen LogP contribution in [-0.2, 0) is 5.54 Å². The molecule has 2 aliphatic rings. The summed E-state index contributed by atoms with van der Waals surface area (Å²) in [5, 5.41) is 15.4. The van der Waals surface area contributed by atoms with E-state index in [0.717, 1.165) is 59.1 Å². The van der Waals surface area contributed by atoms with E-state index in [9.17, 15) is 9.90 Å². The number of aryl methyl sites for hydroxylation is 1. The van der Waals surface area contributed by atoms with Crippen LogP contribution in [0.3, 0.4) is 0 Å². The van der Waals surface area contributed by atoms with Gasteiger partial charge in [0.15, 0.2) is 0 Å². The average molecular weight is 416 g/mol. The van der Waals surface area contributed by atoms with Crippen LogP contribution in [0, 0.1) is 6.92 Å². The number of anilines is 1. The zero-order valence-electron chi connectivity index (χ0n) is 18.4. The van der Waals surface area contributed by atoms with Crippen molar-refractivity contribution >= 4 is 22.4 Å². The lowest BCUT2D eigenvalue weighted by atomic mass is 9.95. The van der Waals surface area contributed by atoms with Gasteiger partial charge in [-0.05, 0) is 68.6 Å². The van der Waals surface area contributed by atoms with E-state index in [2.05, 4.69) is 41.3 Å². The second-order valence-corrected chi connectivity index (χ2v) is 9.24. The number of nitrogens with one attached hydrogen (secondary N) is 1. The molecule has 1 aliphatic carbocycles.